The fraction of sp³-hybridized carbons (Fsp3) is 0.474. The maximum atomic E-state index is 4.77. The molecule has 1 fully saturated rings. The number of aromatic nitrogens is 2. The summed E-state index contributed by atoms with van der Waals surface area (Å²) < 4.78 is 0. The minimum Gasteiger partial charge on any atom is -0.356 e. The fourth-order valence-corrected chi connectivity index (χ4v) is 2.97. The molecule has 1 aliphatic heterocycles. The number of nitrogens with one attached hydrogen (secondary N) is 1. The van der Waals surface area contributed by atoms with Crippen LogP contribution in [0.5, 0.6) is 0 Å². The number of benzene rings is 1. The Morgan fingerprint density at radius 1 is 1.00 bits per heavy atom. The molecule has 1 aliphatic rings. The van der Waals surface area contributed by atoms with Crippen LogP contribution in [-0.4, -0.2) is 29.6 Å². The van der Waals surface area contributed by atoms with Crippen molar-refractivity contribution >= 4 is 11.8 Å². The summed E-state index contributed by atoms with van der Waals surface area (Å²) in [6.45, 7) is 5.25. The smallest absolute Gasteiger partial charge is 0.225 e. The number of rotatable bonds is 5. The van der Waals surface area contributed by atoms with Gasteiger partial charge in [0.1, 0.15) is 5.82 Å². The van der Waals surface area contributed by atoms with Gasteiger partial charge in [0.25, 0.3) is 0 Å². The SMILES string of the molecule is CCCNc1nc(-c2ccccc2)cc(N2CCCCCC2)n1. The third kappa shape index (κ3) is 4.21. The number of hydrogen-bond donors (Lipinski definition) is 1. The molecule has 2 heterocycles. The van der Waals surface area contributed by atoms with Crippen LogP contribution < -0.4 is 10.2 Å². The molecule has 4 nitrogen and oxygen atoms in total. The van der Waals surface area contributed by atoms with Gasteiger partial charge in [-0.25, -0.2) is 4.98 Å². The molecule has 1 saturated heterocycles. The van der Waals surface area contributed by atoms with Crippen LogP contribution in [-0.2, 0) is 0 Å². The Hall–Kier alpha value is -2.10. The molecule has 1 aromatic heterocycles. The Morgan fingerprint density at radius 3 is 2.43 bits per heavy atom. The van der Waals surface area contributed by atoms with E-state index in [4.69, 9.17) is 9.97 Å². The monoisotopic (exact) mass is 310 g/mol. The van der Waals surface area contributed by atoms with Crippen LogP contribution in [0, 0.1) is 0 Å². The van der Waals surface area contributed by atoms with Crippen LogP contribution in [0.4, 0.5) is 11.8 Å². The van der Waals surface area contributed by atoms with Crippen molar-refractivity contribution in [1.29, 1.82) is 0 Å². The first-order chi connectivity index (χ1) is 11.4. The van der Waals surface area contributed by atoms with Crippen LogP contribution in [0.1, 0.15) is 39.0 Å². The molecule has 0 unspecified atom stereocenters. The predicted octanol–water partition coefficient (Wildman–Crippen LogP) is 4.35. The zero-order valence-corrected chi connectivity index (χ0v) is 14.0. The van der Waals surface area contributed by atoms with Crippen molar-refractivity contribution in [2.24, 2.45) is 0 Å². The molecule has 0 saturated carbocycles. The Kier molecular flexibility index (Phi) is 5.46. The maximum Gasteiger partial charge on any atom is 0.225 e. The Morgan fingerprint density at radius 2 is 1.74 bits per heavy atom. The van der Waals surface area contributed by atoms with Crippen molar-refractivity contribution in [2.45, 2.75) is 39.0 Å². The lowest BCUT2D eigenvalue weighted by atomic mass is 10.1. The summed E-state index contributed by atoms with van der Waals surface area (Å²) in [5.74, 6) is 1.80. The third-order valence-corrected chi connectivity index (χ3v) is 4.25. The van der Waals surface area contributed by atoms with Gasteiger partial charge in [-0.05, 0) is 19.3 Å². The Balaban J connectivity index is 1.93. The van der Waals surface area contributed by atoms with E-state index >= 15 is 0 Å². The van der Waals surface area contributed by atoms with Gasteiger partial charge in [-0.2, -0.15) is 4.98 Å². The average Bonchev–Trinajstić information content (AvgIpc) is 2.90. The van der Waals surface area contributed by atoms with Crippen molar-refractivity contribution in [3.8, 4) is 11.3 Å². The van der Waals surface area contributed by atoms with Crippen molar-refractivity contribution in [3.05, 3.63) is 36.4 Å². The molecular weight excluding hydrogens is 284 g/mol. The Bertz CT molecular complexity index is 604. The zero-order chi connectivity index (χ0) is 15.9. The molecule has 23 heavy (non-hydrogen) atoms. The molecule has 1 N–H and O–H groups in total. The van der Waals surface area contributed by atoms with E-state index in [1.165, 1.54) is 25.7 Å². The summed E-state index contributed by atoms with van der Waals surface area (Å²) in [4.78, 5) is 11.9. The van der Waals surface area contributed by atoms with Gasteiger partial charge >= 0.3 is 0 Å². The van der Waals surface area contributed by atoms with Crippen LogP contribution in [0.15, 0.2) is 36.4 Å². The van der Waals surface area contributed by atoms with E-state index < -0.39 is 0 Å². The molecule has 3 rings (SSSR count). The Labute approximate surface area is 139 Å². The lowest BCUT2D eigenvalue weighted by Gasteiger charge is -2.22. The summed E-state index contributed by atoms with van der Waals surface area (Å²) in [6.07, 6.45) is 6.23. The number of hydrogen-bond acceptors (Lipinski definition) is 4. The van der Waals surface area contributed by atoms with E-state index in [2.05, 4.69) is 47.5 Å². The van der Waals surface area contributed by atoms with E-state index in [9.17, 15) is 0 Å². The van der Waals surface area contributed by atoms with Crippen molar-refractivity contribution < 1.29 is 0 Å². The third-order valence-electron chi connectivity index (χ3n) is 4.25. The highest BCUT2D eigenvalue weighted by atomic mass is 15.2. The lowest BCUT2D eigenvalue weighted by molar-refractivity contribution is 0.726. The van der Waals surface area contributed by atoms with Crippen LogP contribution in [0.2, 0.25) is 0 Å². The second-order valence-corrected chi connectivity index (χ2v) is 6.13. The van der Waals surface area contributed by atoms with Gasteiger partial charge in [-0.3, -0.25) is 0 Å². The van der Waals surface area contributed by atoms with E-state index in [1.54, 1.807) is 0 Å². The summed E-state index contributed by atoms with van der Waals surface area (Å²) in [6, 6.07) is 12.5. The van der Waals surface area contributed by atoms with Crippen molar-refractivity contribution in [2.75, 3.05) is 29.9 Å². The largest absolute Gasteiger partial charge is 0.356 e. The highest BCUT2D eigenvalue weighted by molar-refractivity contribution is 5.64. The first kappa shape index (κ1) is 15.8. The van der Waals surface area contributed by atoms with Crippen molar-refractivity contribution in [3.63, 3.8) is 0 Å². The average molecular weight is 310 g/mol. The number of anilines is 2. The molecule has 2 aromatic rings. The van der Waals surface area contributed by atoms with E-state index in [0.717, 1.165) is 49.1 Å². The molecule has 0 amide bonds. The molecule has 0 aliphatic carbocycles. The van der Waals surface area contributed by atoms with Crippen LogP contribution in [0.3, 0.4) is 0 Å². The lowest BCUT2D eigenvalue weighted by Crippen LogP contribution is -2.25. The molecule has 122 valence electrons. The molecule has 0 atom stereocenters. The standard InChI is InChI=1S/C19H26N4/c1-2-12-20-19-21-17(16-10-6-5-7-11-16)15-18(22-19)23-13-8-3-4-9-14-23/h5-7,10-11,15H,2-4,8-9,12-14H2,1H3,(H,20,21,22). The fourth-order valence-electron chi connectivity index (χ4n) is 2.97. The molecule has 0 radical (unpaired) electrons. The van der Waals surface area contributed by atoms with Gasteiger partial charge in [0.15, 0.2) is 0 Å². The van der Waals surface area contributed by atoms with E-state index in [-0.39, 0.29) is 0 Å². The highest BCUT2D eigenvalue weighted by Crippen LogP contribution is 2.25. The molecule has 4 heteroatoms. The predicted molar refractivity (Wildman–Crippen MR) is 96.9 cm³/mol. The molecular formula is C19H26N4. The first-order valence-electron chi connectivity index (χ1n) is 8.80. The van der Waals surface area contributed by atoms with Crippen LogP contribution >= 0.6 is 0 Å². The van der Waals surface area contributed by atoms with Gasteiger partial charge in [0.2, 0.25) is 5.95 Å². The number of nitrogens with zero attached hydrogens (tertiary/aromatic N) is 3. The second kappa shape index (κ2) is 7.95. The second-order valence-electron chi connectivity index (χ2n) is 6.13. The minimum atomic E-state index is 0.743. The molecule has 0 spiro atoms. The highest BCUT2D eigenvalue weighted by Gasteiger charge is 2.14. The minimum absolute atomic E-state index is 0.743. The first-order valence-corrected chi connectivity index (χ1v) is 8.80. The van der Waals surface area contributed by atoms with E-state index in [0.29, 0.717) is 0 Å². The summed E-state index contributed by atoms with van der Waals surface area (Å²) in [5.41, 5.74) is 2.14. The van der Waals surface area contributed by atoms with Gasteiger partial charge < -0.3 is 10.2 Å². The topological polar surface area (TPSA) is 41.1 Å². The quantitative estimate of drug-likeness (QED) is 0.891. The van der Waals surface area contributed by atoms with Crippen molar-refractivity contribution in [1.82, 2.24) is 9.97 Å². The van der Waals surface area contributed by atoms with Gasteiger partial charge in [0, 0.05) is 31.3 Å². The van der Waals surface area contributed by atoms with Gasteiger partial charge in [-0.15, -0.1) is 0 Å². The maximum absolute atomic E-state index is 4.77. The van der Waals surface area contributed by atoms with Gasteiger partial charge in [0.05, 0.1) is 5.69 Å². The summed E-state index contributed by atoms with van der Waals surface area (Å²) in [5, 5.41) is 3.35. The zero-order valence-electron chi connectivity index (χ0n) is 14.0. The summed E-state index contributed by atoms with van der Waals surface area (Å²) >= 11 is 0. The normalized spacial score (nSPS) is 15.3. The molecule has 0 bridgehead atoms. The van der Waals surface area contributed by atoms with E-state index in [1.807, 2.05) is 6.07 Å². The summed E-state index contributed by atoms with van der Waals surface area (Å²) in [7, 11) is 0. The van der Waals surface area contributed by atoms with Gasteiger partial charge in [-0.1, -0.05) is 50.1 Å². The van der Waals surface area contributed by atoms with Crippen LogP contribution in [0.25, 0.3) is 11.3 Å². The molecule has 1 aromatic carbocycles.